The Morgan fingerprint density at radius 3 is 2.55 bits per heavy atom. The molecule has 0 saturated carbocycles. The molecule has 1 aliphatic rings. The van der Waals surface area contributed by atoms with Gasteiger partial charge in [-0.3, -0.25) is 14.7 Å². The highest BCUT2D eigenvalue weighted by atomic mass is 16.2. The summed E-state index contributed by atoms with van der Waals surface area (Å²) in [5.41, 5.74) is 2.52. The summed E-state index contributed by atoms with van der Waals surface area (Å²) in [6, 6.07) is 14.8. The van der Waals surface area contributed by atoms with Crippen LogP contribution < -0.4 is 0 Å². The molecule has 1 saturated heterocycles. The molecular weight excluding hydrogens is 274 g/mol. The summed E-state index contributed by atoms with van der Waals surface area (Å²) in [6.07, 6.45) is 3.66. The van der Waals surface area contributed by atoms with E-state index in [1.807, 2.05) is 23.4 Å². The van der Waals surface area contributed by atoms with Gasteiger partial charge in [-0.2, -0.15) is 0 Å². The van der Waals surface area contributed by atoms with Crippen molar-refractivity contribution in [2.75, 3.05) is 19.6 Å². The topological polar surface area (TPSA) is 36.4 Å². The first-order valence-corrected chi connectivity index (χ1v) is 7.67. The van der Waals surface area contributed by atoms with E-state index in [1.54, 1.807) is 6.92 Å². The molecule has 22 heavy (non-hydrogen) atoms. The molecule has 3 rings (SSSR count). The lowest BCUT2D eigenvalue weighted by Crippen LogP contribution is -2.49. The van der Waals surface area contributed by atoms with Crippen molar-refractivity contribution in [2.24, 2.45) is 0 Å². The Bertz CT molecular complexity index is 615. The maximum atomic E-state index is 11.7. The summed E-state index contributed by atoms with van der Waals surface area (Å²) in [5.74, 6) is 0.157. The number of nitrogens with zero attached hydrogens (tertiary/aromatic N) is 3. The van der Waals surface area contributed by atoms with Crippen LogP contribution in [0.15, 0.2) is 54.9 Å². The van der Waals surface area contributed by atoms with Crippen LogP contribution >= 0.6 is 0 Å². The van der Waals surface area contributed by atoms with Gasteiger partial charge in [0.25, 0.3) is 0 Å². The van der Waals surface area contributed by atoms with E-state index < -0.39 is 0 Å². The van der Waals surface area contributed by atoms with Crippen LogP contribution in [-0.2, 0) is 11.3 Å². The van der Waals surface area contributed by atoms with E-state index in [0.29, 0.717) is 0 Å². The van der Waals surface area contributed by atoms with Gasteiger partial charge in [0.15, 0.2) is 0 Å². The quantitative estimate of drug-likeness (QED) is 0.873. The van der Waals surface area contributed by atoms with Gasteiger partial charge in [-0.1, -0.05) is 30.3 Å². The molecule has 1 fully saturated rings. The SMILES string of the molecule is CC(=O)N1CCN(Cc2ccncc2)C(c2ccccc2)C1. The Labute approximate surface area is 131 Å². The van der Waals surface area contributed by atoms with Crippen LogP contribution in [0.1, 0.15) is 24.1 Å². The van der Waals surface area contributed by atoms with Gasteiger partial charge in [0.1, 0.15) is 0 Å². The van der Waals surface area contributed by atoms with Crippen molar-refractivity contribution in [2.45, 2.75) is 19.5 Å². The van der Waals surface area contributed by atoms with Crippen LogP contribution in [0.5, 0.6) is 0 Å². The first-order valence-electron chi connectivity index (χ1n) is 7.67. The summed E-state index contributed by atoms with van der Waals surface area (Å²) < 4.78 is 0. The second-order valence-electron chi connectivity index (χ2n) is 5.72. The molecule has 1 aromatic carbocycles. The molecular formula is C18H21N3O. The Morgan fingerprint density at radius 1 is 1.14 bits per heavy atom. The number of carbonyl (C=O) groups excluding carboxylic acids is 1. The summed E-state index contributed by atoms with van der Waals surface area (Å²) in [4.78, 5) is 20.2. The smallest absolute Gasteiger partial charge is 0.219 e. The van der Waals surface area contributed by atoms with Crippen molar-refractivity contribution in [1.82, 2.24) is 14.8 Å². The zero-order valence-corrected chi connectivity index (χ0v) is 12.9. The average Bonchev–Trinajstić information content (AvgIpc) is 2.57. The number of aromatic nitrogens is 1. The first kappa shape index (κ1) is 14.7. The zero-order chi connectivity index (χ0) is 15.4. The first-order chi connectivity index (χ1) is 10.7. The number of benzene rings is 1. The second kappa shape index (κ2) is 6.71. The van der Waals surface area contributed by atoms with Crippen molar-refractivity contribution in [1.29, 1.82) is 0 Å². The molecule has 0 N–H and O–H groups in total. The fourth-order valence-corrected chi connectivity index (χ4v) is 3.01. The third-order valence-corrected chi connectivity index (χ3v) is 4.26. The van der Waals surface area contributed by atoms with Crippen LogP contribution in [0.4, 0.5) is 0 Å². The number of hydrogen-bond donors (Lipinski definition) is 0. The predicted octanol–water partition coefficient (Wildman–Crippen LogP) is 2.49. The van der Waals surface area contributed by atoms with Crippen LogP contribution in [0, 0.1) is 0 Å². The lowest BCUT2D eigenvalue weighted by atomic mass is 10.0. The molecule has 1 unspecified atom stereocenters. The van der Waals surface area contributed by atoms with Crippen molar-refractivity contribution >= 4 is 5.91 Å². The molecule has 1 amide bonds. The molecule has 0 bridgehead atoms. The van der Waals surface area contributed by atoms with Gasteiger partial charge in [-0.05, 0) is 23.3 Å². The van der Waals surface area contributed by atoms with Gasteiger partial charge < -0.3 is 4.90 Å². The minimum atomic E-state index is 0.157. The van der Waals surface area contributed by atoms with Crippen molar-refractivity contribution in [3.05, 3.63) is 66.0 Å². The van der Waals surface area contributed by atoms with Gasteiger partial charge in [-0.15, -0.1) is 0 Å². The molecule has 1 aromatic heterocycles. The molecule has 1 aliphatic heterocycles. The van der Waals surface area contributed by atoms with Crippen molar-refractivity contribution in [3.8, 4) is 0 Å². The highest BCUT2D eigenvalue weighted by molar-refractivity contribution is 5.73. The lowest BCUT2D eigenvalue weighted by molar-refractivity contribution is -0.132. The largest absolute Gasteiger partial charge is 0.340 e. The summed E-state index contributed by atoms with van der Waals surface area (Å²) in [6.45, 7) is 4.98. The summed E-state index contributed by atoms with van der Waals surface area (Å²) >= 11 is 0. The Balaban J connectivity index is 1.82. The van der Waals surface area contributed by atoms with E-state index in [-0.39, 0.29) is 11.9 Å². The Morgan fingerprint density at radius 2 is 1.86 bits per heavy atom. The summed E-state index contributed by atoms with van der Waals surface area (Å²) in [5, 5.41) is 0. The minimum absolute atomic E-state index is 0.157. The fourth-order valence-electron chi connectivity index (χ4n) is 3.01. The van der Waals surface area contributed by atoms with Crippen LogP contribution in [0.2, 0.25) is 0 Å². The molecule has 4 heteroatoms. The molecule has 2 aromatic rings. The van der Waals surface area contributed by atoms with E-state index >= 15 is 0 Å². The Hall–Kier alpha value is -2.20. The van der Waals surface area contributed by atoms with Crippen LogP contribution in [0.3, 0.4) is 0 Å². The zero-order valence-electron chi connectivity index (χ0n) is 12.9. The van der Waals surface area contributed by atoms with E-state index in [4.69, 9.17) is 0 Å². The summed E-state index contributed by atoms with van der Waals surface area (Å²) in [7, 11) is 0. The highest BCUT2D eigenvalue weighted by Crippen LogP contribution is 2.27. The van der Waals surface area contributed by atoms with Crippen LogP contribution in [0.25, 0.3) is 0 Å². The molecule has 4 nitrogen and oxygen atoms in total. The monoisotopic (exact) mass is 295 g/mol. The maximum absolute atomic E-state index is 11.7. The molecule has 0 spiro atoms. The molecule has 0 aliphatic carbocycles. The predicted molar refractivity (Wildman–Crippen MR) is 86.1 cm³/mol. The number of rotatable bonds is 3. The molecule has 2 heterocycles. The third kappa shape index (κ3) is 3.34. The van der Waals surface area contributed by atoms with E-state index in [2.05, 4.69) is 46.3 Å². The van der Waals surface area contributed by atoms with E-state index in [1.165, 1.54) is 11.1 Å². The normalized spacial score (nSPS) is 19.1. The van der Waals surface area contributed by atoms with E-state index in [9.17, 15) is 4.79 Å². The van der Waals surface area contributed by atoms with Gasteiger partial charge in [0.2, 0.25) is 5.91 Å². The number of hydrogen-bond acceptors (Lipinski definition) is 3. The highest BCUT2D eigenvalue weighted by Gasteiger charge is 2.29. The molecule has 1 atom stereocenters. The third-order valence-electron chi connectivity index (χ3n) is 4.26. The lowest BCUT2D eigenvalue weighted by Gasteiger charge is -2.41. The molecule has 0 radical (unpaired) electrons. The van der Waals surface area contributed by atoms with Crippen LogP contribution in [-0.4, -0.2) is 40.3 Å². The average molecular weight is 295 g/mol. The van der Waals surface area contributed by atoms with Gasteiger partial charge in [0.05, 0.1) is 6.04 Å². The number of carbonyl (C=O) groups is 1. The fraction of sp³-hybridized carbons (Fsp3) is 0.333. The van der Waals surface area contributed by atoms with Gasteiger partial charge in [-0.25, -0.2) is 0 Å². The van der Waals surface area contributed by atoms with Gasteiger partial charge >= 0.3 is 0 Å². The standard InChI is InChI=1S/C18H21N3O/c1-15(22)20-11-12-21(13-16-7-9-19-10-8-16)18(14-20)17-5-3-2-4-6-17/h2-10,18H,11-14H2,1H3. The number of piperazine rings is 1. The second-order valence-corrected chi connectivity index (χ2v) is 5.72. The number of amides is 1. The van der Waals surface area contributed by atoms with E-state index in [0.717, 1.165) is 26.2 Å². The van der Waals surface area contributed by atoms with Crippen molar-refractivity contribution in [3.63, 3.8) is 0 Å². The Kier molecular flexibility index (Phi) is 4.49. The van der Waals surface area contributed by atoms with Gasteiger partial charge in [0, 0.05) is 45.5 Å². The number of pyridine rings is 1. The van der Waals surface area contributed by atoms with Crippen molar-refractivity contribution < 1.29 is 4.79 Å². The molecule has 114 valence electrons. The maximum Gasteiger partial charge on any atom is 0.219 e. The minimum Gasteiger partial charge on any atom is -0.340 e.